The summed E-state index contributed by atoms with van der Waals surface area (Å²) in [6.07, 6.45) is 4.39. The Morgan fingerprint density at radius 1 is 1.39 bits per heavy atom. The average Bonchev–Trinajstić information content (AvgIpc) is 2.84. The Labute approximate surface area is 107 Å². The SMILES string of the molecule is CC(=O)OC[C@@H]1[C@@H]2CCc3nnn(C)c3CC[C@@H]21. The van der Waals surface area contributed by atoms with Crippen LogP contribution in [0.2, 0.25) is 0 Å². The Morgan fingerprint density at radius 3 is 2.83 bits per heavy atom. The predicted molar refractivity (Wildman–Crippen MR) is 64.7 cm³/mol. The van der Waals surface area contributed by atoms with Crippen LogP contribution in [-0.2, 0) is 29.4 Å². The van der Waals surface area contributed by atoms with Crippen molar-refractivity contribution in [2.45, 2.75) is 32.6 Å². The first kappa shape index (κ1) is 11.7. The number of fused-ring (bicyclic) bond motifs is 2. The van der Waals surface area contributed by atoms with E-state index in [9.17, 15) is 4.79 Å². The molecular weight excluding hydrogens is 230 g/mol. The number of hydrogen-bond acceptors (Lipinski definition) is 4. The van der Waals surface area contributed by atoms with Gasteiger partial charge in [0.2, 0.25) is 0 Å². The highest BCUT2D eigenvalue weighted by molar-refractivity contribution is 5.65. The Kier molecular flexibility index (Phi) is 2.84. The van der Waals surface area contributed by atoms with Gasteiger partial charge in [-0.05, 0) is 43.4 Å². The zero-order chi connectivity index (χ0) is 12.7. The normalized spacial score (nSPS) is 29.8. The first-order chi connectivity index (χ1) is 8.66. The lowest BCUT2D eigenvalue weighted by atomic mass is 10.0. The largest absolute Gasteiger partial charge is 0.466 e. The molecule has 3 rings (SSSR count). The van der Waals surface area contributed by atoms with E-state index in [0.29, 0.717) is 12.5 Å². The van der Waals surface area contributed by atoms with Gasteiger partial charge in [0.25, 0.3) is 0 Å². The Morgan fingerprint density at radius 2 is 2.11 bits per heavy atom. The molecule has 1 saturated carbocycles. The molecule has 0 aromatic carbocycles. The van der Waals surface area contributed by atoms with E-state index in [4.69, 9.17) is 4.74 Å². The lowest BCUT2D eigenvalue weighted by Crippen LogP contribution is -2.05. The third-order valence-electron chi connectivity index (χ3n) is 4.44. The van der Waals surface area contributed by atoms with Gasteiger partial charge in [0, 0.05) is 14.0 Å². The van der Waals surface area contributed by atoms with Gasteiger partial charge < -0.3 is 4.74 Å². The molecule has 0 saturated heterocycles. The smallest absolute Gasteiger partial charge is 0.302 e. The molecule has 3 atom stereocenters. The molecule has 2 aliphatic rings. The van der Waals surface area contributed by atoms with Crippen LogP contribution >= 0.6 is 0 Å². The van der Waals surface area contributed by atoms with E-state index in [1.807, 2.05) is 11.7 Å². The van der Waals surface area contributed by atoms with E-state index in [0.717, 1.165) is 36.8 Å². The minimum Gasteiger partial charge on any atom is -0.466 e. The zero-order valence-corrected chi connectivity index (χ0v) is 10.9. The second-order valence-corrected chi connectivity index (χ2v) is 5.48. The van der Waals surface area contributed by atoms with E-state index < -0.39 is 0 Å². The maximum Gasteiger partial charge on any atom is 0.302 e. The van der Waals surface area contributed by atoms with Crippen LogP contribution < -0.4 is 0 Å². The van der Waals surface area contributed by atoms with E-state index in [1.165, 1.54) is 19.0 Å². The number of carbonyl (C=O) groups excluding carboxylic acids is 1. The molecule has 5 heteroatoms. The van der Waals surface area contributed by atoms with Crippen molar-refractivity contribution >= 4 is 5.97 Å². The molecule has 0 amide bonds. The summed E-state index contributed by atoms with van der Waals surface area (Å²) in [6.45, 7) is 2.09. The van der Waals surface area contributed by atoms with Crippen LogP contribution in [0, 0.1) is 17.8 Å². The van der Waals surface area contributed by atoms with Crippen LogP contribution in [0.4, 0.5) is 0 Å². The second kappa shape index (κ2) is 4.37. The van der Waals surface area contributed by atoms with Crippen LogP contribution in [0.25, 0.3) is 0 Å². The van der Waals surface area contributed by atoms with Crippen molar-refractivity contribution in [2.24, 2.45) is 24.8 Å². The van der Waals surface area contributed by atoms with Crippen molar-refractivity contribution in [2.75, 3.05) is 6.61 Å². The van der Waals surface area contributed by atoms with Crippen LogP contribution in [0.5, 0.6) is 0 Å². The van der Waals surface area contributed by atoms with Gasteiger partial charge in [-0.3, -0.25) is 9.48 Å². The molecule has 0 spiro atoms. The number of aryl methyl sites for hydroxylation is 2. The van der Waals surface area contributed by atoms with E-state index in [1.54, 1.807) is 0 Å². The summed E-state index contributed by atoms with van der Waals surface area (Å²) >= 11 is 0. The van der Waals surface area contributed by atoms with Gasteiger partial charge in [-0.15, -0.1) is 5.10 Å². The van der Waals surface area contributed by atoms with Crippen LogP contribution in [0.1, 0.15) is 31.2 Å². The number of nitrogens with zero attached hydrogens (tertiary/aromatic N) is 3. The van der Waals surface area contributed by atoms with Crippen LogP contribution in [0.15, 0.2) is 0 Å². The first-order valence-electron chi connectivity index (χ1n) is 6.67. The molecule has 98 valence electrons. The summed E-state index contributed by atoms with van der Waals surface area (Å²) in [4.78, 5) is 10.9. The standard InChI is InChI=1S/C13H19N3O2/c1-8(17)18-7-11-9-3-5-12-13(6-4-10(9)11)16(2)15-14-12/h9-11H,3-7H2,1-2H3/t9-,10+,11-/m1/s1. The third kappa shape index (κ3) is 2.02. The fraction of sp³-hybridized carbons (Fsp3) is 0.769. The average molecular weight is 249 g/mol. The van der Waals surface area contributed by atoms with Crippen LogP contribution in [-0.4, -0.2) is 27.6 Å². The van der Waals surface area contributed by atoms with Gasteiger partial charge in [-0.25, -0.2) is 0 Å². The minimum atomic E-state index is -0.163. The Hall–Kier alpha value is -1.39. The van der Waals surface area contributed by atoms with Gasteiger partial charge in [0.05, 0.1) is 18.0 Å². The zero-order valence-electron chi connectivity index (χ0n) is 10.9. The molecule has 18 heavy (non-hydrogen) atoms. The fourth-order valence-electron chi connectivity index (χ4n) is 3.37. The van der Waals surface area contributed by atoms with Crippen LogP contribution in [0.3, 0.4) is 0 Å². The summed E-state index contributed by atoms with van der Waals surface area (Å²) in [5.74, 6) is 1.87. The van der Waals surface area contributed by atoms with Crippen molar-refractivity contribution in [1.82, 2.24) is 15.0 Å². The molecular formula is C13H19N3O2. The van der Waals surface area contributed by atoms with Gasteiger partial charge in [0.1, 0.15) is 0 Å². The topological polar surface area (TPSA) is 57.0 Å². The summed E-state index contributed by atoms with van der Waals surface area (Å²) in [6, 6.07) is 0. The molecule has 1 aromatic rings. The van der Waals surface area contributed by atoms with Gasteiger partial charge >= 0.3 is 5.97 Å². The highest BCUT2D eigenvalue weighted by Gasteiger charge is 2.50. The monoisotopic (exact) mass is 249 g/mol. The summed E-state index contributed by atoms with van der Waals surface area (Å²) in [5, 5.41) is 8.34. The number of aromatic nitrogens is 3. The third-order valence-corrected chi connectivity index (χ3v) is 4.44. The molecule has 2 aliphatic carbocycles. The summed E-state index contributed by atoms with van der Waals surface area (Å²) in [7, 11) is 1.97. The van der Waals surface area contributed by atoms with Gasteiger partial charge in [-0.1, -0.05) is 5.21 Å². The van der Waals surface area contributed by atoms with Gasteiger partial charge in [-0.2, -0.15) is 0 Å². The van der Waals surface area contributed by atoms with Crippen molar-refractivity contribution in [1.29, 1.82) is 0 Å². The van der Waals surface area contributed by atoms with Crippen molar-refractivity contribution in [3.05, 3.63) is 11.4 Å². The highest BCUT2D eigenvalue weighted by Crippen LogP contribution is 2.52. The molecule has 1 heterocycles. The molecule has 1 aromatic heterocycles. The lowest BCUT2D eigenvalue weighted by Gasteiger charge is -2.07. The van der Waals surface area contributed by atoms with Crippen molar-refractivity contribution in [3.8, 4) is 0 Å². The molecule has 5 nitrogen and oxygen atoms in total. The molecule has 0 radical (unpaired) electrons. The molecule has 1 fully saturated rings. The maximum absolute atomic E-state index is 10.9. The van der Waals surface area contributed by atoms with E-state index in [-0.39, 0.29) is 5.97 Å². The Balaban J connectivity index is 1.63. The fourth-order valence-corrected chi connectivity index (χ4v) is 3.37. The van der Waals surface area contributed by atoms with E-state index in [2.05, 4.69) is 10.3 Å². The number of hydrogen-bond donors (Lipinski definition) is 0. The minimum absolute atomic E-state index is 0.163. The number of rotatable bonds is 2. The Bertz CT molecular complexity index is 469. The summed E-state index contributed by atoms with van der Waals surface area (Å²) < 4.78 is 7.05. The van der Waals surface area contributed by atoms with Crippen molar-refractivity contribution < 1.29 is 9.53 Å². The highest BCUT2D eigenvalue weighted by atomic mass is 16.5. The first-order valence-corrected chi connectivity index (χ1v) is 6.67. The molecule has 0 N–H and O–H groups in total. The lowest BCUT2D eigenvalue weighted by molar-refractivity contribution is -0.141. The molecule has 0 unspecified atom stereocenters. The number of ether oxygens (including phenoxy) is 1. The molecule has 0 aliphatic heterocycles. The number of esters is 1. The van der Waals surface area contributed by atoms with E-state index >= 15 is 0 Å². The quantitative estimate of drug-likeness (QED) is 0.737. The number of carbonyl (C=O) groups is 1. The summed E-state index contributed by atoms with van der Waals surface area (Å²) in [5.41, 5.74) is 2.45. The van der Waals surface area contributed by atoms with Crippen molar-refractivity contribution in [3.63, 3.8) is 0 Å². The second-order valence-electron chi connectivity index (χ2n) is 5.48. The van der Waals surface area contributed by atoms with Gasteiger partial charge in [0.15, 0.2) is 0 Å². The molecule has 0 bridgehead atoms. The maximum atomic E-state index is 10.9. The predicted octanol–water partition coefficient (Wildman–Crippen LogP) is 1.12.